The van der Waals surface area contributed by atoms with Crippen LogP contribution in [0.3, 0.4) is 0 Å². The normalized spacial score (nSPS) is 11.2. The molecule has 0 aliphatic rings. The molecule has 0 aliphatic heterocycles. The number of rotatable bonds is 6. The summed E-state index contributed by atoms with van der Waals surface area (Å²) in [5.74, 6) is -0.273. The summed E-state index contributed by atoms with van der Waals surface area (Å²) in [6.45, 7) is 2.45. The van der Waals surface area contributed by atoms with Gasteiger partial charge in [0.2, 0.25) is 11.1 Å². The number of aryl methyl sites for hydroxylation is 1. The highest BCUT2D eigenvalue weighted by atomic mass is 32.2. The third-order valence-electron chi connectivity index (χ3n) is 4.40. The third kappa shape index (κ3) is 3.96. The first kappa shape index (κ1) is 18.4. The quantitative estimate of drug-likeness (QED) is 0.487. The first-order valence-electron chi connectivity index (χ1n) is 8.91. The van der Waals surface area contributed by atoms with Crippen LogP contribution in [0.1, 0.15) is 18.1 Å². The van der Waals surface area contributed by atoms with Crippen molar-refractivity contribution in [2.24, 2.45) is 0 Å². The van der Waals surface area contributed by atoms with Crippen LogP contribution >= 0.6 is 11.8 Å². The van der Waals surface area contributed by atoms with Gasteiger partial charge >= 0.3 is 0 Å². The molecular weight excluding hydrogens is 377 g/mol. The van der Waals surface area contributed by atoms with Crippen LogP contribution in [-0.2, 0) is 17.8 Å². The molecule has 2 heterocycles. The molecule has 4 rings (SSSR count). The highest BCUT2D eigenvalue weighted by molar-refractivity contribution is 7.99. The second kappa shape index (κ2) is 7.93. The van der Waals surface area contributed by atoms with Crippen LogP contribution in [0.15, 0.2) is 47.6 Å². The minimum Gasteiger partial charge on any atom is -0.351 e. The van der Waals surface area contributed by atoms with Crippen LogP contribution in [-0.4, -0.2) is 31.8 Å². The van der Waals surface area contributed by atoms with E-state index >= 15 is 0 Å². The first-order valence-corrected chi connectivity index (χ1v) is 9.90. The number of aromatic nitrogens is 4. The van der Waals surface area contributed by atoms with Gasteiger partial charge in [0.1, 0.15) is 11.3 Å². The smallest absolute Gasteiger partial charge is 0.230 e. The van der Waals surface area contributed by atoms with Gasteiger partial charge in [-0.3, -0.25) is 4.79 Å². The summed E-state index contributed by atoms with van der Waals surface area (Å²) >= 11 is 1.22. The Balaban J connectivity index is 1.41. The molecule has 6 nitrogen and oxygen atoms in total. The number of fused-ring (bicyclic) bond motifs is 3. The number of hydrogen-bond donors (Lipinski definition) is 2. The van der Waals surface area contributed by atoms with Crippen molar-refractivity contribution in [3.8, 4) is 0 Å². The number of hydrogen-bond acceptors (Lipinski definition) is 5. The molecule has 1 amide bonds. The second-order valence-corrected chi connectivity index (χ2v) is 7.28. The van der Waals surface area contributed by atoms with Crippen molar-refractivity contribution in [3.63, 3.8) is 0 Å². The number of halogens is 1. The van der Waals surface area contributed by atoms with E-state index in [-0.39, 0.29) is 17.5 Å². The molecule has 0 spiro atoms. The fourth-order valence-electron chi connectivity index (χ4n) is 2.87. The summed E-state index contributed by atoms with van der Waals surface area (Å²) in [5, 5.41) is 12.7. The molecule has 0 radical (unpaired) electrons. The number of carbonyl (C=O) groups is 1. The van der Waals surface area contributed by atoms with Crippen LogP contribution in [0.4, 0.5) is 4.39 Å². The highest BCUT2D eigenvalue weighted by Crippen LogP contribution is 2.24. The van der Waals surface area contributed by atoms with Crippen LogP contribution in [0.2, 0.25) is 0 Å². The summed E-state index contributed by atoms with van der Waals surface area (Å²) in [6.07, 6.45) is 0.949. The zero-order chi connectivity index (χ0) is 19.5. The minimum atomic E-state index is -0.298. The summed E-state index contributed by atoms with van der Waals surface area (Å²) < 4.78 is 12.9. The topological polar surface area (TPSA) is 83.6 Å². The molecule has 28 heavy (non-hydrogen) atoms. The van der Waals surface area contributed by atoms with Gasteiger partial charge in [0.05, 0.1) is 5.75 Å². The van der Waals surface area contributed by atoms with Gasteiger partial charge in [0, 0.05) is 17.4 Å². The second-order valence-electron chi connectivity index (χ2n) is 6.34. The van der Waals surface area contributed by atoms with Gasteiger partial charge in [-0.2, -0.15) is 0 Å². The van der Waals surface area contributed by atoms with Gasteiger partial charge in [-0.25, -0.2) is 9.37 Å². The van der Waals surface area contributed by atoms with Crippen molar-refractivity contribution in [2.75, 3.05) is 5.75 Å². The third-order valence-corrected chi connectivity index (χ3v) is 5.24. The van der Waals surface area contributed by atoms with Crippen LogP contribution in [0, 0.1) is 5.82 Å². The lowest BCUT2D eigenvalue weighted by Gasteiger charge is -2.04. The number of aromatic amines is 1. The number of nitrogens with zero attached hydrogens (tertiary/aromatic N) is 3. The van der Waals surface area contributed by atoms with E-state index in [1.807, 2.05) is 6.07 Å². The maximum absolute atomic E-state index is 12.9. The number of amides is 1. The minimum absolute atomic E-state index is 0.151. The van der Waals surface area contributed by atoms with Crippen LogP contribution in [0.5, 0.6) is 0 Å². The number of thioether (sulfide) groups is 1. The molecule has 2 aromatic heterocycles. The monoisotopic (exact) mass is 395 g/mol. The first-order chi connectivity index (χ1) is 13.6. The fraction of sp³-hybridized carbons (Fsp3) is 0.200. The van der Waals surface area contributed by atoms with Gasteiger partial charge in [-0.05, 0) is 41.8 Å². The Morgan fingerprint density at radius 1 is 1.14 bits per heavy atom. The van der Waals surface area contributed by atoms with E-state index in [4.69, 9.17) is 0 Å². The summed E-state index contributed by atoms with van der Waals surface area (Å²) in [7, 11) is 0. The Morgan fingerprint density at radius 3 is 2.71 bits per heavy atom. The van der Waals surface area contributed by atoms with Crippen LogP contribution in [0.25, 0.3) is 22.1 Å². The maximum atomic E-state index is 12.9. The number of nitrogens with one attached hydrogen (secondary N) is 2. The molecule has 2 aromatic carbocycles. The molecule has 8 heteroatoms. The van der Waals surface area contributed by atoms with Crippen molar-refractivity contribution in [1.29, 1.82) is 0 Å². The molecule has 0 aliphatic carbocycles. The van der Waals surface area contributed by atoms with E-state index in [1.165, 1.54) is 29.5 Å². The molecular formula is C20H18FN5OS. The van der Waals surface area contributed by atoms with E-state index in [1.54, 1.807) is 12.1 Å². The largest absolute Gasteiger partial charge is 0.351 e. The number of H-pyrrole nitrogens is 1. The molecule has 0 saturated heterocycles. The van der Waals surface area contributed by atoms with E-state index in [9.17, 15) is 9.18 Å². The van der Waals surface area contributed by atoms with Crippen molar-refractivity contribution in [1.82, 2.24) is 25.5 Å². The van der Waals surface area contributed by atoms with Crippen molar-refractivity contribution < 1.29 is 9.18 Å². The molecule has 0 bridgehead atoms. The average Bonchev–Trinajstić information content (AvgIpc) is 3.08. The zero-order valence-corrected chi connectivity index (χ0v) is 16.0. The van der Waals surface area contributed by atoms with E-state index in [0.29, 0.717) is 17.3 Å². The number of benzene rings is 2. The SMILES string of the molecule is CCc1ccc2[nH]c3nc(SCC(=O)NCc4ccc(F)cc4)nnc3c2c1. The van der Waals surface area contributed by atoms with Gasteiger partial charge in [-0.1, -0.05) is 36.9 Å². The number of carbonyl (C=O) groups excluding carboxylic acids is 1. The summed E-state index contributed by atoms with van der Waals surface area (Å²) in [5.41, 5.74) is 4.42. The maximum Gasteiger partial charge on any atom is 0.230 e. The Labute approximate surface area is 165 Å². The van der Waals surface area contributed by atoms with Crippen LogP contribution < -0.4 is 5.32 Å². The van der Waals surface area contributed by atoms with Gasteiger partial charge in [0.15, 0.2) is 5.65 Å². The standard InChI is InChI=1S/C20H18FN5OS/c1-2-12-5-8-16-15(9-12)18-19(23-16)24-20(26-25-18)28-11-17(27)22-10-13-3-6-14(21)7-4-13/h3-9H,2,10-11H2,1H3,(H,22,27)(H,23,24,26). The predicted octanol–water partition coefficient (Wildman–Crippen LogP) is 3.62. The van der Waals surface area contributed by atoms with Gasteiger partial charge in [-0.15, -0.1) is 10.2 Å². The Hall–Kier alpha value is -3.00. The fourth-order valence-corrected chi connectivity index (χ4v) is 3.49. The molecule has 142 valence electrons. The summed E-state index contributed by atoms with van der Waals surface area (Å²) in [6, 6.07) is 12.2. The summed E-state index contributed by atoms with van der Waals surface area (Å²) in [4.78, 5) is 19.8. The molecule has 4 aromatic rings. The lowest BCUT2D eigenvalue weighted by atomic mass is 10.1. The van der Waals surface area contributed by atoms with E-state index < -0.39 is 0 Å². The molecule has 0 saturated carbocycles. The van der Waals surface area contributed by atoms with Gasteiger partial charge < -0.3 is 10.3 Å². The van der Waals surface area contributed by atoms with Crippen molar-refractivity contribution in [3.05, 3.63) is 59.4 Å². The molecule has 0 atom stereocenters. The molecule has 0 fully saturated rings. The van der Waals surface area contributed by atoms with Crippen molar-refractivity contribution >= 4 is 39.7 Å². The molecule has 0 unspecified atom stereocenters. The Kier molecular flexibility index (Phi) is 5.21. The van der Waals surface area contributed by atoms with Gasteiger partial charge in [0.25, 0.3) is 0 Å². The highest BCUT2D eigenvalue weighted by Gasteiger charge is 2.11. The van der Waals surface area contributed by atoms with Crippen molar-refractivity contribution in [2.45, 2.75) is 25.0 Å². The lowest BCUT2D eigenvalue weighted by molar-refractivity contribution is -0.118. The predicted molar refractivity (Wildman–Crippen MR) is 108 cm³/mol. The average molecular weight is 395 g/mol. The Morgan fingerprint density at radius 2 is 1.93 bits per heavy atom. The lowest BCUT2D eigenvalue weighted by Crippen LogP contribution is -2.24. The zero-order valence-electron chi connectivity index (χ0n) is 15.2. The molecule has 2 N–H and O–H groups in total. The Bertz CT molecular complexity index is 1140. The van der Waals surface area contributed by atoms with E-state index in [0.717, 1.165) is 28.4 Å². The van der Waals surface area contributed by atoms with E-state index in [2.05, 4.69) is 44.5 Å².